The summed E-state index contributed by atoms with van der Waals surface area (Å²) in [6.07, 6.45) is 3.38. The van der Waals surface area contributed by atoms with E-state index >= 15 is 0 Å². The summed E-state index contributed by atoms with van der Waals surface area (Å²) in [5.74, 6) is 2.32. The van der Waals surface area contributed by atoms with Gasteiger partial charge in [-0.15, -0.1) is 0 Å². The molecule has 0 aliphatic heterocycles. The fourth-order valence-electron chi connectivity index (χ4n) is 3.63. The summed E-state index contributed by atoms with van der Waals surface area (Å²) < 4.78 is 17.3. The van der Waals surface area contributed by atoms with Crippen LogP contribution < -0.4 is 14.2 Å². The molecule has 0 unspecified atom stereocenters. The molecule has 3 heterocycles. The van der Waals surface area contributed by atoms with Crippen LogP contribution in [0, 0.1) is 11.3 Å². The van der Waals surface area contributed by atoms with E-state index in [-0.39, 0.29) is 0 Å². The zero-order chi connectivity index (χ0) is 22.8. The number of pyridine rings is 3. The summed E-state index contributed by atoms with van der Waals surface area (Å²) in [5.41, 5.74) is 3.32. The molecule has 0 amide bonds. The lowest BCUT2D eigenvalue weighted by atomic mass is 10.1. The Morgan fingerprint density at radius 3 is 2.33 bits per heavy atom. The van der Waals surface area contributed by atoms with Gasteiger partial charge >= 0.3 is 0 Å². The van der Waals surface area contributed by atoms with E-state index in [1.54, 1.807) is 44.8 Å². The van der Waals surface area contributed by atoms with Crippen molar-refractivity contribution in [2.45, 2.75) is 0 Å². The maximum Gasteiger partial charge on any atom is 0.162 e. The van der Waals surface area contributed by atoms with Crippen LogP contribution in [-0.4, -0.2) is 29.2 Å². The Bertz CT molecular complexity index is 1530. The van der Waals surface area contributed by atoms with Gasteiger partial charge in [0.2, 0.25) is 0 Å². The van der Waals surface area contributed by atoms with Crippen molar-refractivity contribution in [1.29, 1.82) is 5.26 Å². The van der Waals surface area contributed by atoms with Crippen molar-refractivity contribution in [3.63, 3.8) is 0 Å². The third-order valence-corrected chi connectivity index (χ3v) is 5.27. The minimum atomic E-state index is 0.558. The number of benzene rings is 2. The van der Waals surface area contributed by atoms with Crippen LogP contribution in [0.15, 0.2) is 73.1 Å². The third-order valence-electron chi connectivity index (χ3n) is 5.27. The Balaban J connectivity index is 1.68. The largest absolute Gasteiger partial charge is 0.493 e. The molecule has 7 nitrogen and oxygen atoms in total. The number of hydrogen-bond donors (Lipinski definition) is 0. The molecule has 0 saturated carbocycles. The van der Waals surface area contributed by atoms with Crippen LogP contribution in [0.25, 0.3) is 33.2 Å². The highest BCUT2D eigenvalue weighted by atomic mass is 16.5. The predicted octanol–water partition coefficient (Wildman–Crippen LogP) is 5.53. The van der Waals surface area contributed by atoms with E-state index in [1.165, 1.54) is 0 Å². The van der Waals surface area contributed by atoms with E-state index in [1.807, 2.05) is 42.5 Å². The van der Waals surface area contributed by atoms with E-state index in [2.05, 4.69) is 16.0 Å². The first-order valence-electron chi connectivity index (χ1n) is 10.1. The summed E-state index contributed by atoms with van der Waals surface area (Å²) in [5, 5.41) is 10.8. The molecule has 0 radical (unpaired) electrons. The number of hydrogen-bond acceptors (Lipinski definition) is 7. The van der Waals surface area contributed by atoms with Gasteiger partial charge in [0.1, 0.15) is 11.4 Å². The first-order valence-corrected chi connectivity index (χ1v) is 10.1. The molecule has 0 atom stereocenters. The Morgan fingerprint density at radius 1 is 0.788 bits per heavy atom. The van der Waals surface area contributed by atoms with Gasteiger partial charge in [-0.05, 0) is 42.5 Å². The summed E-state index contributed by atoms with van der Waals surface area (Å²) in [4.78, 5) is 13.6. The van der Waals surface area contributed by atoms with Gasteiger partial charge in [-0.3, -0.25) is 4.98 Å². The number of methoxy groups -OCH3 is 2. The van der Waals surface area contributed by atoms with Crippen molar-refractivity contribution >= 4 is 21.9 Å². The molecule has 0 aliphatic rings. The predicted molar refractivity (Wildman–Crippen MR) is 125 cm³/mol. The van der Waals surface area contributed by atoms with Crippen molar-refractivity contribution in [3.8, 4) is 40.3 Å². The molecule has 0 fully saturated rings. The number of ether oxygens (including phenoxy) is 3. The van der Waals surface area contributed by atoms with Gasteiger partial charge in [0, 0.05) is 34.8 Å². The molecule has 7 heteroatoms. The first kappa shape index (κ1) is 20.2. The standard InChI is InChI=1S/C26H18N4O3/c1-31-22-13-19-20(14-23(22)32-2)28-11-9-21(19)33-24-12-18-4-3-10-29-26(18)30-25(24)17-7-5-16(15-27)6-8-17/h3-14H,1-2H3. The molecule has 160 valence electrons. The normalized spacial score (nSPS) is 10.7. The lowest BCUT2D eigenvalue weighted by Crippen LogP contribution is -1.96. The molecule has 5 aromatic rings. The molecule has 5 rings (SSSR count). The minimum Gasteiger partial charge on any atom is -0.493 e. The fraction of sp³-hybridized carbons (Fsp3) is 0.0769. The van der Waals surface area contributed by atoms with Crippen molar-refractivity contribution in [3.05, 3.63) is 78.6 Å². The smallest absolute Gasteiger partial charge is 0.162 e. The van der Waals surface area contributed by atoms with Crippen molar-refractivity contribution in [2.75, 3.05) is 14.2 Å². The average molecular weight is 434 g/mol. The Morgan fingerprint density at radius 2 is 1.58 bits per heavy atom. The molecular formula is C26H18N4O3. The van der Waals surface area contributed by atoms with E-state index in [0.717, 1.165) is 16.3 Å². The SMILES string of the molecule is COc1cc2nccc(Oc3cc4cccnc4nc3-c3ccc(C#N)cc3)c2cc1OC. The molecule has 33 heavy (non-hydrogen) atoms. The number of fused-ring (bicyclic) bond motifs is 2. The summed E-state index contributed by atoms with van der Waals surface area (Å²) in [6, 6.07) is 20.5. The van der Waals surface area contributed by atoms with E-state index < -0.39 is 0 Å². The second kappa shape index (κ2) is 8.44. The van der Waals surface area contributed by atoms with Gasteiger partial charge in [-0.1, -0.05) is 12.1 Å². The van der Waals surface area contributed by atoms with Gasteiger partial charge in [0.05, 0.1) is 31.4 Å². The summed E-state index contributed by atoms with van der Waals surface area (Å²) in [6.45, 7) is 0. The average Bonchev–Trinajstić information content (AvgIpc) is 2.87. The lowest BCUT2D eigenvalue weighted by molar-refractivity contribution is 0.355. The van der Waals surface area contributed by atoms with Crippen LogP contribution in [0.3, 0.4) is 0 Å². The highest BCUT2D eigenvalue weighted by molar-refractivity contribution is 5.89. The maximum atomic E-state index is 9.15. The Kier molecular flexibility index (Phi) is 5.17. The second-order valence-corrected chi connectivity index (χ2v) is 7.21. The zero-order valence-electron chi connectivity index (χ0n) is 17.9. The molecule has 0 spiro atoms. The number of aromatic nitrogens is 3. The van der Waals surface area contributed by atoms with Gasteiger partial charge < -0.3 is 14.2 Å². The van der Waals surface area contributed by atoms with Crippen LogP contribution in [0.4, 0.5) is 0 Å². The molecular weight excluding hydrogens is 416 g/mol. The van der Waals surface area contributed by atoms with E-state index in [4.69, 9.17) is 24.5 Å². The second-order valence-electron chi connectivity index (χ2n) is 7.21. The van der Waals surface area contributed by atoms with Crippen LogP contribution >= 0.6 is 0 Å². The van der Waals surface area contributed by atoms with Crippen LogP contribution in [0.1, 0.15) is 5.56 Å². The van der Waals surface area contributed by atoms with Crippen LogP contribution in [0.5, 0.6) is 23.0 Å². The topological polar surface area (TPSA) is 90.2 Å². The molecule has 0 aliphatic carbocycles. The van der Waals surface area contributed by atoms with Crippen molar-refractivity contribution in [2.24, 2.45) is 0 Å². The third kappa shape index (κ3) is 3.75. The first-order chi connectivity index (χ1) is 16.2. The quantitative estimate of drug-likeness (QED) is 0.359. The van der Waals surface area contributed by atoms with Gasteiger partial charge in [0.15, 0.2) is 22.9 Å². The highest BCUT2D eigenvalue weighted by Gasteiger charge is 2.16. The van der Waals surface area contributed by atoms with Crippen molar-refractivity contribution in [1.82, 2.24) is 15.0 Å². The number of nitrogens with zero attached hydrogens (tertiary/aromatic N) is 4. The summed E-state index contributed by atoms with van der Waals surface area (Å²) >= 11 is 0. The Labute approximate surface area is 189 Å². The van der Waals surface area contributed by atoms with E-state index in [9.17, 15) is 0 Å². The molecule has 0 bridgehead atoms. The summed E-state index contributed by atoms with van der Waals surface area (Å²) in [7, 11) is 3.17. The molecule has 0 N–H and O–H groups in total. The van der Waals surface area contributed by atoms with E-state index in [0.29, 0.717) is 45.4 Å². The number of nitriles is 1. The Hall–Kier alpha value is -4.70. The molecule has 0 saturated heterocycles. The van der Waals surface area contributed by atoms with Crippen LogP contribution in [0.2, 0.25) is 0 Å². The van der Waals surface area contributed by atoms with Crippen molar-refractivity contribution < 1.29 is 14.2 Å². The maximum absolute atomic E-state index is 9.15. The molecule has 2 aromatic carbocycles. The van der Waals surface area contributed by atoms with Crippen LogP contribution in [-0.2, 0) is 0 Å². The monoisotopic (exact) mass is 434 g/mol. The lowest BCUT2D eigenvalue weighted by Gasteiger charge is -2.15. The van der Waals surface area contributed by atoms with Gasteiger partial charge in [-0.2, -0.15) is 5.26 Å². The number of rotatable bonds is 5. The fourth-order valence-corrected chi connectivity index (χ4v) is 3.63. The van der Waals surface area contributed by atoms with Gasteiger partial charge in [0.25, 0.3) is 0 Å². The minimum absolute atomic E-state index is 0.558. The highest BCUT2D eigenvalue weighted by Crippen LogP contribution is 2.39. The zero-order valence-corrected chi connectivity index (χ0v) is 17.9. The van der Waals surface area contributed by atoms with Gasteiger partial charge in [-0.25, -0.2) is 9.97 Å². The molecule has 3 aromatic heterocycles.